The lowest BCUT2D eigenvalue weighted by molar-refractivity contribution is -0.112. The highest BCUT2D eigenvalue weighted by Crippen LogP contribution is 2.31. The van der Waals surface area contributed by atoms with Crippen molar-refractivity contribution < 1.29 is 14.3 Å². The number of rotatable bonds is 8. The van der Waals surface area contributed by atoms with Crippen molar-refractivity contribution in [2.45, 2.75) is 13.5 Å². The topological polar surface area (TPSA) is 71.3 Å². The van der Waals surface area contributed by atoms with E-state index in [1.54, 1.807) is 54.6 Å². The molecule has 0 spiro atoms. The average Bonchev–Trinajstić information content (AvgIpc) is 2.79. The van der Waals surface area contributed by atoms with Crippen molar-refractivity contribution >= 4 is 52.5 Å². The molecule has 0 aromatic heterocycles. The van der Waals surface area contributed by atoms with Crippen LogP contribution < -0.4 is 14.8 Å². The maximum Gasteiger partial charge on any atom is 0.266 e. The highest BCUT2D eigenvalue weighted by atomic mass is 35.5. The van der Waals surface area contributed by atoms with Gasteiger partial charge in [-0.2, -0.15) is 5.26 Å². The predicted molar refractivity (Wildman–Crippen MR) is 132 cm³/mol. The second kappa shape index (κ2) is 11.6. The minimum absolute atomic E-state index is 0.0677. The molecule has 0 radical (unpaired) electrons. The van der Waals surface area contributed by atoms with Gasteiger partial charge in [-0.25, -0.2) is 0 Å². The first-order chi connectivity index (χ1) is 15.9. The van der Waals surface area contributed by atoms with Crippen molar-refractivity contribution in [2.24, 2.45) is 0 Å². The second-order valence-electron chi connectivity index (χ2n) is 6.81. The van der Waals surface area contributed by atoms with Crippen molar-refractivity contribution in [2.75, 3.05) is 11.9 Å². The van der Waals surface area contributed by atoms with E-state index in [2.05, 4.69) is 5.32 Å². The van der Waals surface area contributed by atoms with Crippen LogP contribution in [0.1, 0.15) is 18.1 Å². The van der Waals surface area contributed by atoms with Gasteiger partial charge < -0.3 is 14.8 Å². The van der Waals surface area contributed by atoms with Crippen molar-refractivity contribution in [1.29, 1.82) is 5.26 Å². The van der Waals surface area contributed by atoms with Crippen LogP contribution in [0.4, 0.5) is 5.69 Å². The molecule has 5 nitrogen and oxygen atoms in total. The Morgan fingerprint density at radius 1 is 1.00 bits per heavy atom. The Labute approximate surface area is 207 Å². The molecular formula is C25H19Cl3N2O3. The number of hydrogen-bond acceptors (Lipinski definition) is 4. The number of ether oxygens (including phenoxy) is 2. The van der Waals surface area contributed by atoms with Gasteiger partial charge in [0.2, 0.25) is 0 Å². The van der Waals surface area contributed by atoms with Crippen LogP contribution in [0.3, 0.4) is 0 Å². The second-order valence-corrected chi connectivity index (χ2v) is 8.06. The first-order valence-corrected chi connectivity index (χ1v) is 11.0. The Morgan fingerprint density at radius 2 is 1.82 bits per heavy atom. The van der Waals surface area contributed by atoms with Gasteiger partial charge in [0.05, 0.1) is 16.7 Å². The molecule has 0 saturated carbocycles. The summed E-state index contributed by atoms with van der Waals surface area (Å²) in [6, 6.07) is 19.0. The third-order valence-electron chi connectivity index (χ3n) is 4.40. The summed E-state index contributed by atoms with van der Waals surface area (Å²) in [6.07, 6.45) is 1.48. The van der Waals surface area contributed by atoms with Gasteiger partial charge in [0.15, 0.2) is 11.5 Å². The first kappa shape index (κ1) is 24.5. The Morgan fingerprint density at radius 3 is 2.52 bits per heavy atom. The number of hydrogen-bond donors (Lipinski definition) is 1. The van der Waals surface area contributed by atoms with Crippen LogP contribution in [-0.2, 0) is 11.4 Å². The normalized spacial score (nSPS) is 10.9. The molecule has 0 aliphatic rings. The summed E-state index contributed by atoms with van der Waals surface area (Å²) < 4.78 is 11.6. The third-order valence-corrected chi connectivity index (χ3v) is 5.38. The summed E-state index contributed by atoms with van der Waals surface area (Å²) in [6.45, 7) is 2.53. The molecule has 1 amide bonds. The molecule has 33 heavy (non-hydrogen) atoms. The fraction of sp³-hybridized carbons (Fsp3) is 0.120. The molecule has 1 N–H and O–H groups in total. The lowest BCUT2D eigenvalue weighted by Gasteiger charge is -2.13. The molecule has 3 aromatic rings. The minimum atomic E-state index is -0.544. The molecule has 3 rings (SSSR count). The predicted octanol–water partition coefficient (Wildman–Crippen LogP) is 7.17. The molecule has 0 heterocycles. The summed E-state index contributed by atoms with van der Waals surface area (Å²) in [4.78, 5) is 12.5. The lowest BCUT2D eigenvalue weighted by atomic mass is 10.1. The maximum absolute atomic E-state index is 12.5. The quantitative estimate of drug-likeness (QED) is 0.262. The third kappa shape index (κ3) is 6.90. The van der Waals surface area contributed by atoms with Crippen LogP contribution in [0.2, 0.25) is 15.1 Å². The summed E-state index contributed by atoms with van der Waals surface area (Å²) in [7, 11) is 0. The number of amides is 1. The number of benzene rings is 3. The molecule has 0 saturated heterocycles. The van der Waals surface area contributed by atoms with Gasteiger partial charge >= 0.3 is 0 Å². The molecular weight excluding hydrogens is 483 g/mol. The molecule has 0 unspecified atom stereocenters. The maximum atomic E-state index is 12.5. The fourth-order valence-corrected chi connectivity index (χ4v) is 3.38. The van der Waals surface area contributed by atoms with Crippen LogP contribution in [-0.4, -0.2) is 12.5 Å². The number of nitriles is 1. The monoisotopic (exact) mass is 500 g/mol. The van der Waals surface area contributed by atoms with E-state index >= 15 is 0 Å². The lowest BCUT2D eigenvalue weighted by Crippen LogP contribution is -2.13. The molecule has 0 aliphatic carbocycles. The summed E-state index contributed by atoms with van der Waals surface area (Å²) in [5.74, 6) is 0.457. The van der Waals surface area contributed by atoms with Crippen LogP contribution >= 0.6 is 34.8 Å². The van der Waals surface area contributed by atoms with E-state index in [4.69, 9.17) is 44.3 Å². The van der Waals surface area contributed by atoms with E-state index in [0.29, 0.717) is 44.4 Å². The van der Waals surface area contributed by atoms with E-state index in [9.17, 15) is 10.1 Å². The van der Waals surface area contributed by atoms with Crippen LogP contribution in [0.25, 0.3) is 6.08 Å². The summed E-state index contributed by atoms with van der Waals surface area (Å²) in [5.41, 5.74) is 1.88. The summed E-state index contributed by atoms with van der Waals surface area (Å²) in [5, 5.41) is 13.5. The van der Waals surface area contributed by atoms with Crippen LogP contribution in [0.5, 0.6) is 11.5 Å². The average molecular weight is 502 g/mol. The Balaban J connectivity index is 1.78. The molecule has 8 heteroatoms. The minimum Gasteiger partial charge on any atom is -0.490 e. The van der Waals surface area contributed by atoms with Crippen molar-refractivity contribution in [1.82, 2.24) is 0 Å². The molecule has 0 bridgehead atoms. The van der Waals surface area contributed by atoms with Crippen molar-refractivity contribution in [3.05, 3.63) is 92.4 Å². The van der Waals surface area contributed by atoms with Crippen LogP contribution in [0, 0.1) is 11.3 Å². The van der Waals surface area contributed by atoms with Gasteiger partial charge in [0.25, 0.3) is 5.91 Å². The number of carbonyl (C=O) groups excluding carboxylic acids is 1. The van der Waals surface area contributed by atoms with Gasteiger partial charge in [0.1, 0.15) is 18.2 Å². The molecule has 0 atom stereocenters. The van der Waals surface area contributed by atoms with Crippen molar-refractivity contribution in [3.8, 4) is 17.6 Å². The van der Waals surface area contributed by atoms with Gasteiger partial charge in [0, 0.05) is 10.7 Å². The number of halogens is 3. The highest BCUT2D eigenvalue weighted by Gasteiger charge is 2.12. The standard InChI is InChI=1S/C25H19Cl3N2O3/c1-2-32-24-12-16(7-9-23(24)33-15-17-6-8-21(27)22(28)11-17)10-18(14-29)25(31)30-20-5-3-4-19(26)13-20/h3-13H,2,15H2,1H3,(H,30,31)/b18-10+. The van der Waals surface area contributed by atoms with Gasteiger partial charge in [-0.05, 0) is 66.6 Å². The molecule has 0 fully saturated rings. The van der Waals surface area contributed by atoms with Gasteiger partial charge in [-0.3, -0.25) is 4.79 Å². The number of carbonyl (C=O) groups is 1. The fourth-order valence-electron chi connectivity index (χ4n) is 2.87. The number of nitrogens with zero attached hydrogens (tertiary/aromatic N) is 1. The largest absolute Gasteiger partial charge is 0.490 e. The van der Waals surface area contributed by atoms with Crippen molar-refractivity contribution in [3.63, 3.8) is 0 Å². The number of nitrogens with one attached hydrogen (secondary N) is 1. The van der Waals surface area contributed by atoms with Gasteiger partial charge in [-0.15, -0.1) is 0 Å². The molecule has 0 aliphatic heterocycles. The zero-order chi connectivity index (χ0) is 23.8. The smallest absolute Gasteiger partial charge is 0.266 e. The van der Waals surface area contributed by atoms with E-state index in [1.165, 1.54) is 6.08 Å². The van der Waals surface area contributed by atoms with E-state index in [1.807, 2.05) is 19.1 Å². The van der Waals surface area contributed by atoms with E-state index in [0.717, 1.165) is 5.56 Å². The Kier molecular flexibility index (Phi) is 8.62. The van der Waals surface area contributed by atoms with E-state index < -0.39 is 5.91 Å². The first-order valence-electron chi connectivity index (χ1n) is 9.92. The zero-order valence-electron chi connectivity index (χ0n) is 17.6. The SMILES string of the molecule is CCOc1cc(/C=C(\C#N)C(=O)Nc2cccc(Cl)c2)ccc1OCc1ccc(Cl)c(Cl)c1. The molecule has 3 aromatic carbocycles. The zero-order valence-corrected chi connectivity index (χ0v) is 19.8. The number of anilines is 1. The molecule has 168 valence electrons. The summed E-state index contributed by atoms with van der Waals surface area (Å²) >= 11 is 18.0. The Bertz CT molecular complexity index is 1240. The van der Waals surface area contributed by atoms with Crippen LogP contribution in [0.15, 0.2) is 66.2 Å². The van der Waals surface area contributed by atoms with Gasteiger partial charge in [-0.1, -0.05) is 53.0 Å². The van der Waals surface area contributed by atoms with E-state index in [-0.39, 0.29) is 12.2 Å². The highest BCUT2D eigenvalue weighted by molar-refractivity contribution is 6.42. The Hall–Kier alpha value is -3.17.